The lowest BCUT2D eigenvalue weighted by Gasteiger charge is -2.26. The average molecular weight is 155 g/mol. The number of hydrogen-bond acceptors (Lipinski definition) is 2. The molecule has 0 amide bonds. The van der Waals surface area contributed by atoms with Gasteiger partial charge in [-0.3, -0.25) is 0 Å². The predicted octanol–water partition coefficient (Wildman–Crippen LogP) is 0.188. The molecule has 1 aromatic heterocycles. The van der Waals surface area contributed by atoms with Crippen molar-refractivity contribution < 1.29 is 10.2 Å². The second-order valence-corrected chi connectivity index (χ2v) is 2.90. The van der Waals surface area contributed by atoms with E-state index in [-0.39, 0.29) is 13.2 Å². The van der Waals surface area contributed by atoms with Crippen LogP contribution in [-0.4, -0.2) is 28.0 Å². The van der Waals surface area contributed by atoms with Gasteiger partial charge in [-0.05, 0) is 19.1 Å². The molecule has 0 aliphatic carbocycles. The van der Waals surface area contributed by atoms with Crippen LogP contribution < -0.4 is 0 Å². The minimum Gasteiger partial charge on any atom is -0.394 e. The number of nitrogens with zero attached hydrogens (tertiary/aromatic N) is 1. The molecule has 1 heterocycles. The van der Waals surface area contributed by atoms with E-state index in [1.165, 1.54) is 0 Å². The third kappa shape index (κ3) is 1.44. The Kier molecular flexibility index (Phi) is 2.31. The van der Waals surface area contributed by atoms with Crippen LogP contribution in [0, 0.1) is 0 Å². The SMILES string of the molecule is CC(CO)(CO)n1cccc1. The molecule has 0 saturated carbocycles. The van der Waals surface area contributed by atoms with E-state index >= 15 is 0 Å². The molecule has 0 fully saturated rings. The molecule has 0 saturated heterocycles. The van der Waals surface area contributed by atoms with Gasteiger partial charge in [0.1, 0.15) is 0 Å². The highest BCUT2D eigenvalue weighted by Crippen LogP contribution is 2.13. The maximum atomic E-state index is 8.98. The number of aliphatic hydroxyl groups is 2. The van der Waals surface area contributed by atoms with Gasteiger partial charge in [0.05, 0.1) is 18.8 Å². The van der Waals surface area contributed by atoms with Crippen molar-refractivity contribution in [3.63, 3.8) is 0 Å². The third-order valence-corrected chi connectivity index (χ3v) is 1.91. The summed E-state index contributed by atoms with van der Waals surface area (Å²) >= 11 is 0. The molecule has 0 unspecified atom stereocenters. The van der Waals surface area contributed by atoms with Crippen LogP contribution in [-0.2, 0) is 5.54 Å². The first-order chi connectivity index (χ1) is 5.23. The summed E-state index contributed by atoms with van der Waals surface area (Å²) in [6, 6.07) is 3.73. The molecule has 3 nitrogen and oxygen atoms in total. The standard InChI is InChI=1S/C8H13NO2/c1-8(6-10,7-11)9-4-2-3-5-9/h2-5,10-11H,6-7H2,1H3. The minimum atomic E-state index is -0.566. The Hall–Kier alpha value is -0.800. The summed E-state index contributed by atoms with van der Waals surface area (Å²) in [5, 5.41) is 18.0. The zero-order valence-electron chi connectivity index (χ0n) is 6.57. The highest BCUT2D eigenvalue weighted by Gasteiger charge is 2.22. The van der Waals surface area contributed by atoms with Crippen LogP contribution >= 0.6 is 0 Å². The monoisotopic (exact) mass is 155 g/mol. The van der Waals surface area contributed by atoms with E-state index in [1.807, 2.05) is 24.5 Å². The Morgan fingerprint density at radius 3 is 2.00 bits per heavy atom. The highest BCUT2D eigenvalue weighted by atomic mass is 16.3. The summed E-state index contributed by atoms with van der Waals surface area (Å²) in [6.45, 7) is 1.68. The number of rotatable bonds is 3. The van der Waals surface area contributed by atoms with E-state index in [9.17, 15) is 0 Å². The van der Waals surface area contributed by atoms with Crippen molar-refractivity contribution in [2.75, 3.05) is 13.2 Å². The second-order valence-electron chi connectivity index (χ2n) is 2.90. The Bertz CT molecular complexity index is 202. The largest absolute Gasteiger partial charge is 0.394 e. The van der Waals surface area contributed by atoms with Gasteiger partial charge in [0.25, 0.3) is 0 Å². The van der Waals surface area contributed by atoms with E-state index in [0.29, 0.717) is 0 Å². The molecule has 3 heteroatoms. The van der Waals surface area contributed by atoms with Gasteiger partial charge < -0.3 is 14.8 Å². The van der Waals surface area contributed by atoms with Crippen molar-refractivity contribution in [3.05, 3.63) is 24.5 Å². The number of aliphatic hydroxyl groups excluding tert-OH is 2. The van der Waals surface area contributed by atoms with E-state index in [2.05, 4.69) is 0 Å². The summed E-state index contributed by atoms with van der Waals surface area (Å²) in [5.41, 5.74) is -0.566. The molecule has 0 aliphatic heterocycles. The van der Waals surface area contributed by atoms with Crippen molar-refractivity contribution in [1.82, 2.24) is 4.57 Å². The van der Waals surface area contributed by atoms with Crippen LogP contribution in [0.5, 0.6) is 0 Å². The van der Waals surface area contributed by atoms with Crippen molar-refractivity contribution in [3.8, 4) is 0 Å². The molecule has 0 aliphatic rings. The molecule has 0 aromatic carbocycles. The predicted molar refractivity (Wildman–Crippen MR) is 42.3 cm³/mol. The first kappa shape index (κ1) is 8.30. The highest BCUT2D eigenvalue weighted by molar-refractivity contribution is 4.97. The maximum absolute atomic E-state index is 8.98. The summed E-state index contributed by atoms with van der Waals surface area (Å²) in [7, 11) is 0. The lowest BCUT2D eigenvalue weighted by Crippen LogP contribution is -2.36. The first-order valence-electron chi connectivity index (χ1n) is 3.58. The fraction of sp³-hybridized carbons (Fsp3) is 0.500. The van der Waals surface area contributed by atoms with Crippen LogP contribution in [0.2, 0.25) is 0 Å². The second kappa shape index (κ2) is 3.07. The molecule has 0 atom stereocenters. The zero-order chi connectivity index (χ0) is 8.32. The molecule has 0 bridgehead atoms. The van der Waals surface area contributed by atoms with Crippen LogP contribution in [0.25, 0.3) is 0 Å². The van der Waals surface area contributed by atoms with Crippen molar-refractivity contribution >= 4 is 0 Å². The van der Waals surface area contributed by atoms with E-state index in [1.54, 1.807) is 11.5 Å². The van der Waals surface area contributed by atoms with Gasteiger partial charge in [-0.15, -0.1) is 0 Å². The van der Waals surface area contributed by atoms with Crippen molar-refractivity contribution in [2.24, 2.45) is 0 Å². The Morgan fingerprint density at radius 1 is 1.18 bits per heavy atom. The van der Waals surface area contributed by atoms with Gasteiger partial charge in [-0.1, -0.05) is 0 Å². The van der Waals surface area contributed by atoms with Gasteiger partial charge in [-0.25, -0.2) is 0 Å². The molecule has 0 radical (unpaired) electrons. The molecular formula is C8H13NO2. The Morgan fingerprint density at radius 2 is 1.64 bits per heavy atom. The van der Waals surface area contributed by atoms with Crippen LogP contribution in [0.1, 0.15) is 6.92 Å². The maximum Gasteiger partial charge on any atom is 0.0871 e. The van der Waals surface area contributed by atoms with Gasteiger partial charge >= 0.3 is 0 Å². The van der Waals surface area contributed by atoms with Gasteiger partial charge in [0.2, 0.25) is 0 Å². The molecule has 11 heavy (non-hydrogen) atoms. The molecule has 1 aromatic rings. The fourth-order valence-corrected chi connectivity index (χ4v) is 0.908. The van der Waals surface area contributed by atoms with Crippen LogP contribution in [0.4, 0.5) is 0 Å². The normalized spacial score (nSPS) is 11.9. The number of hydrogen-bond donors (Lipinski definition) is 2. The van der Waals surface area contributed by atoms with Gasteiger partial charge in [0.15, 0.2) is 0 Å². The van der Waals surface area contributed by atoms with E-state index in [4.69, 9.17) is 10.2 Å². The summed E-state index contributed by atoms with van der Waals surface area (Å²) < 4.78 is 1.80. The molecule has 62 valence electrons. The first-order valence-corrected chi connectivity index (χ1v) is 3.58. The van der Waals surface area contributed by atoms with Crippen LogP contribution in [0.3, 0.4) is 0 Å². The quantitative estimate of drug-likeness (QED) is 0.654. The summed E-state index contributed by atoms with van der Waals surface area (Å²) in [6.07, 6.45) is 3.65. The van der Waals surface area contributed by atoms with E-state index < -0.39 is 5.54 Å². The van der Waals surface area contributed by atoms with Gasteiger partial charge in [-0.2, -0.15) is 0 Å². The van der Waals surface area contributed by atoms with Gasteiger partial charge in [0, 0.05) is 12.4 Å². The minimum absolute atomic E-state index is 0.0574. The number of aromatic nitrogens is 1. The third-order valence-electron chi connectivity index (χ3n) is 1.91. The van der Waals surface area contributed by atoms with Crippen LogP contribution in [0.15, 0.2) is 24.5 Å². The fourth-order valence-electron chi connectivity index (χ4n) is 0.908. The Labute approximate surface area is 65.9 Å². The lowest BCUT2D eigenvalue weighted by molar-refractivity contribution is 0.0782. The van der Waals surface area contributed by atoms with Crippen molar-refractivity contribution in [1.29, 1.82) is 0 Å². The molecule has 0 spiro atoms. The van der Waals surface area contributed by atoms with Crippen molar-refractivity contribution in [2.45, 2.75) is 12.5 Å². The smallest absolute Gasteiger partial charge is 0.0871 e. The summed E-state index contributed by atoms with van der Waals surface area (Å²) in [5.74, 6) is 0. The summed E-state index contributed by atoms with van der Waals surface area (Å²) in [4.78, 5) is 0. The topological polar surface area (TPSA) is 45.4 Å². The zero-order valence-corrected chi connectivity index (χ0v) is 6.57. The van der Waals surface area contributed by atoms with E-state index in [0.717, 1.165) is 0 Å². The average Bonchev–Trinajstić information content (AvgIpc) is 2.55. The molecule has 1 rings (SSSR count). The Balaban J connectivity index is 2.87. The molecular weight excluding hydrogens is 142 g/mol. The lowest BCUT2D eigenvalue weighted by atomic mass is 10.1. The molecule has 2 N–H and O–H groups in total.